The topological polar surface area (TPSA) is 97.8 Å². The minimum Gasteiger partial charge on any atom is -0.470 e. The predicted molar refractivity (Wildman–Crippen MR) is 71.2 cm³/mol. The number of rotatable bonds is 2. The molecule has 0 unspecified atom stereocenters. The molecule has 2 aliphatic heterocycles. The van der Waals surface area contributed by atoms with Crippen LogP contribution in [0.25, 0.3) is 0 Å². The third-order valence-corrected chi connectivity index (χ3v) is 4.98. The van der Waals surface area contributed by atoms with Crippen molar-refractivity contribution in [2.24, 2.45) is 0 Å². The van der Waals surface area contributed by atoms with Crippen LogP contribution in [-0.2, 0) is 19.6 Å². The summed E-state index contributed by atoms with van der Waals surface area (Å²) in [6, 6.07) is 2.49. The maximum atomic E-state index is 12.3. The van der Waals surface area contributed by atoms with Gasteiger partial charge >= 0.3 is 0 Å². The Morgan fingerprint density at radius 3 is 3.14 bits per heavy atom. The van der Waals surface area contributed by atoms with Gasteiger partial charge in [0.1, 0.15) is 17.6 Å². The largest absolute Gasteiger partial charge is 0.470 e. The van der Waals surface area contributed by atoms with Crippen LogP contribution in [0.1, 0.15) is 0 Å². The second kappa shape index (κ2) is 5.24. The number of methoxy groups -OCH3 is 1. The molecule has 3 rings (SSSR count). The van der Waals surface area contributed by atoms with Gasteiger partial charge in [-0.2, -0.15) is 0 Å². The normalized spacial score (nSPS) is 26.4. The first-order valence-electron chi connectivity index (χ1n) is 6.42. The summed E-state index contributed by atoms with van der Waals surface area (Å²) < 4.78 is 37.6. The van der Waals surface area contributed by atoms with Gasteiger partial charge in [-0.25, -0.2) is 18.1 Å². The maximum absolute atomic E-state index is 12.3. The van der Waals surface area contributed by atoms with Crippen LogP contribution in [0.2, 0.25) is 0 Å². The molecule has 0 aliphatic carbocycles. The van der Waals surface area contributed by atoms with Gasteiger partial charge in [-0.05, 0) is 12.1 Å². The third-order valence-electron chi connectivity index (χ3n) is 3.48. The smallest absolute Gasteiger partial charge is 0.248 e. The van der Waals surface area contributed by atoms with Gasteiger partial charge in [0.15, 0.2) is 0 Å². The van der Waals surface area contributed by atoms with Crippen molar-refractivity contribution in [3.8, 4) is 5.88 Å². The van der Waals surface area contributed by atoms with E-state index in [-0.39, 0.29) is 29.8 Å². The first-order valence-corrected chi connectivity index (χ1v) is 7.90. The molecular formula is C12H15N3O5S. The molecule has 0 spiro atoms. The standard InChI is InChI=1S/C12H15N3O5S/c1-19-7-11(16)15-5-8-9(6-15)20-12-10(3-2-4-13-12)21(17,18)14-8/h2-4,8-9,14H,5-7H2,1H3/t8-,9+/m1/s1. The van der Waals surface area contributed by atoms with Crippen LogP contribution in [0.5, 0.6) is 5.88 Å². The number of hydrogen-bond acceptors (Lipinski definition) is 6. The molecular weight excluding hydrogens is 298 g/mol. The fourth-order valence-electron chi connectivity index (χ4n) is 2.50. The van der Waals surface area contributed by atoms with Gasteiger partial charge in [-0.1, -0.05) is 0 Å². The zero-order chi connectivity index (χ0) is 15.0. The van der Waals surface area contributed by atoms with Gasteiger partial charge in [0.25, 0.3) is 0 Å². The summed E-state index contributed by atoms with van der Waals surface area (Å²) in [7, 11) is -2.26. The van der Waals surface area contributed by atoms with Crippen molar-refractivity contribution < 1.29 is 22.7 Å². The number of nitrogens with one attached hydrogen (secondary N) is 1. The lowest BCUT2D eigenvalue weighted by molar-refractivity contribution is -0.134. The van der Waals surface area contributed by atoms with E-state index in [9.17, 15) is 13.2 Å². The van der Waals surface area contributed by atoms with E-state index in [1.54, 1.807) is 0 Å². The summed E-state index contributed by atoms with van der Waals surface area (Å²) in [5.74, 6) is -0.131. The van der Waals surface area contributed by atoms with Crippen LogP contribution in [0, 0.1) is 0 Å². The second-order valence-electron chi connectivity index (χ2n) is 4.92. The minimum absolute atomic E-state index is 0.0224. The molecule has 1 saturated heterocycles. The monoisotopic (exact) mass is 313 g/mol. The number of pyridine rings is 1. The summed E-state index contributed by atoms with van der Waals surface area (Å²) in [5.41, 5.74) is 0. The Kier molecular flexibility index (Phi) is 3.56. The second-order valence-corrected chi connectivity index (χ2v) is 6.60. The van der Waals surface area contributed by atoms with E-state index in [1.807, 2.05) is 0 Å². The highest BCUT2D eigenvalue weighted by Gasteiger charge is 2.42. The van der Waals surface area contributed by atoms with Gasteiger partial charge < -0.3 is 14.4 Å². The summed E-state index contributed by atoms with van der Waals surface area (Å²) in [6.07, 6.45) is 1.01. The van der Waals surface area contributed by atoms with Gasteiger partial charge in [0.2, 0.25) is 21.8 Å². The summed E-state index contributed by atoms with van der Waals surface area (Å²) >= 11 is 0. The van der Waals surface area contributed by atoms with Gasteiger partial charge in [0.05, 0.1) is 12.6 Å². The Morgan fingerprint density at radius 1 is 1.57 bits per heavy atom. The van der Waals surface area contributed by atoms with E-state index in [0.29, 0.717) is 6.54 Å². The molecule has 2 aliphatic rings. The molecule has 1 N–H and O–H groups in total. The number of amides is 1. The van der Waals surface area contributed by atoms with Crippen molar-refractivity contribution in [3.05, 3.63) is 18.3 Å². The number of carbonyl (C=O) groups excluding carboxylic acids is 1. The van der Waals surface area contributed by atoms with Crippen molar-refractivity contribution >= 4 is 15.9 Å². The zero-order valence-electron chi connectivity index (χ0n) is 11.4. The predicted octanol–water partition coefficient (Wildman–Crippen LogP) is -1.02. The third kappa shape index (κ3) is 2.59. The number of hydrogen-bond donors (Lipinski definition) is 1. The van der Waals surface area contributed by atoms with Gasteiger partial charge in [-0.3, -0.25) is 4.79 Å². The van der Waals surface area contributed by atoms with Crippen LogP contribution < -0.4 is 9.46 Å². The molecule has 9 heteroatoms. The van der Waals surface area contributed by atoms with Crippen molar-refractivity contribution in [1.82, 2.24) is 14.6 Å². The van der Waals surface area contributed by atoms with Crippen molar-refractivity contribution in [3.63, 3.8) is 0 Å². The van der Waals surface area contributed by atoms with Crippen LogP contribution in [-0.4, -0.2) is 63.2 Å². The van der Waals surface area contributed by atoms with Crippen LogP contribution in [0.3, 0.4) is 0 Å². The van der Waals surface area contributed by atoms with Crippen LogP contribution in [0.15, 0.2) is 23.2 Å². The minimum atomic E-state index is -3.70. The molecule has 0 saturated carbocycles. The number of fused-ring (bicyclic) bond motifs is 2. The van der Waals surface area contributed by atoms with Crippen molar-refractivity contribution in [2.45, 2.75) is 17.0 Å². The molecule has 1 amide bonds. The van der Waals surface area contributed by atoms with Gasteiger partial charge in [0, 0.05) is 19.9 Å². The number of likely N-dealkylation sites (tertiary alicyclic amines) is 1. The number of carbonyl (C=O) groups is 1. The average molecular weight is 313 g/mol. The van der Waals surface area contributed by atoms with Crippen molar-refractivity contribution in [2.75, 3.05) is 26.8 Å². The summed E-state index contributed by atoms with van der Waals surface area (Å²) in [4.78, 5) is 17.4. The van der Waals surface area contributed by atoms with E-state index < -0.39 is 22.2 Å². The van der Waals surface area contributed by atoms with E-state index in [4.69, 9.17) is 9.47 Å². The number of sulfonamides is 1. The molecule has 1 aromatic heterocycles. The first-order chi connectivity index (χ1) is 10.0. The van der Waals surface area contributed by atoms with Crippen molar-refractivity contribution in [1.29, 1.82) is 0 Å². The Hall–Kier alpha value is -1.71. The Bertz CT molecular complexity index is 663. The molecule has 0 aromatic carbocycles. The molecule has 1 aromatic rings. The van der Waals surface area contributed by atoms with E-state index in [2.05, 4.69) is 9.71 Å². The number of aromatic nitrogens is 1. The zero-order valence-corrected chi connectivity index (χ0v) is 12.2. The lowest BCUT2D eigenvalue weighted by Crippen LogP contribution is -2.43. The lowest BCUT2D eigenvalue weighted by Gasteiger charge is -2.16. The molecule has 2 atom stereocenters. The Morgan fingerprint density at radius 2 is 2.38 bits per heavy atom. The highest BCUT2D eigenvalue weighted by molar-refractivity contribution is 7.89. The fraction of sp³-hybridized carbons (Fsp3) is 0.500. The van der Waals surface area contributed by atoms with E-state index >= 15 is 0 Å². The molecule has 21 heavy (non-hydrogen) atoms. The Labute approximate surface area is 122 Å². The SMILES string of the molecule is COCC(=O)N1C[C@@H]2Oc3ncccc3S(=O)(=O)N[C@@H]2C1. The quantitative estimate of drug-likeness (QED) is 0.750. The summed E-state index contributed by atoms with van der Waals surface area (Å²) in [5, 5.41) is 0. The van der Waals surface area contributed by atoms with Crippen LogP contribution >= 0.6 is 0 Å². The highest BCUT2D eigenvalue weighted by Crippen LogP contribution is 2.28. The maximum Gasteiger partial charge on any atom is 0.248 e. The first kappa shape index (κ1) is 14.2. The molecule has 3 heterocycles. The van der Waals surface area contributed by atoms with E-state index in [1.165, 1.54) is 30.3 Å². The summed E-state index contributed by atoms with van der Waals surface area (Å²) in [6.45, 7) is 0.506. The number of nitrogens with zero attached hydrogens (tertiary/aromatic N) is 2. The molecule has 0 radical (unpaired) electrons. The molecule has 1 fully saturated rings. The number of ether oxygens (including phenoxy) is 2. The average Bonchev–Trinajstić information content (AvgIpc) is 2.77. The van der Waals surface area contributed by atoms with Gasteiger partial charge in [-0.15, -0.1) is 0 Å². The fourth-order valence-corrected chi connectivity index (χ4v) is 3.84. The molecule has 114 valence electrons. The van der Waals surface area contributed by atoms with Crippen LogP contribution in [0.4, 0.5) is 0 Å². The molecule has 8 nitrogen and oxygen atoms in total. The highest BCUT2D eigenvalue weighted by atomic mass is 32.2. The van der Waals surface area contributed by atoms with E-state index in [0.717, 1.165) is 0 Å². The molecule has 0 bridgehead atoms. The lowest BCUT2D eigenvalue weighted by atomic mass is 10.2. The Balaban J connectivity index is 1.88.